The summed E-state index contributed by atoms with van der Waals surface area (Å²) in [4.78, 5) is 13.0. The van der Waals surface area contributed by atoms with Gasteiger partial charge >= 0.3 is 0 Å². The summed E-state index contributed by atoms with van der Waals surface area (Å²) in [5, 5.41) is 13.5. The predicted molar refractivity (Wildman–Crippen MR) is 124 cm³/mol. The topological polar surface area (TPSA) is 59.3 Å². The third kappa shape index (κ3) is 3.79. The monoisotopic (exact) mass is 418 g/mol. The van der Waals surface area contributed by atoms with Crippen molar-refractivity contribution < 1.29 is 4.79 Å². The van der Waals surface area contributed by atoms with Crippen molar-refractivity contribution >= 4 is 39.9 Å². The lowest BCUT2D eigenvalue weighted by molar-refractivity contribution is -0.115. The lowest BCUT2D eigenvalue weighted by atomic mass is 10.1. The number of anilines is 1. The van der Waals surface area contributed by atoms with Crippen molar-refractivity contribution in [2.75, 3.05) is 5.32 Å². The van der Waals surface area contributed by atoms with Gasteiger partial charge < -0.3 is 5.32 Å². The molecule has 1 N–H and O–H groups in total. The van der Waals surface area contributed by atoms with Gasteiger partial charge in [0.1, 0.15) is 0 Å². The summed E-state index contributed by atoms with van der Waals surface area (Å²) in [5.41, 5.74) is 6.32. The van der Waals surface area contributed by atoms with E-state index < -0.39 is 0 Å². The molecule has 0 spiro atoms. The summed E-state index contributed by atoms with van der Waals surface area (Å²) in [6.07, 6.45) is 1.68. The zero-order chi connectivity index (χ0) is 21.3. The fraction of sp³-hybridized carbons (Fsp3) is 0.292. The van der Waals surface area contributed by atoms with Crippen molar-refractivity contribution in [2.45, 2.75) is 50.9 Å². The van der Waals surface area contributed by atoms with Crippen LogP contribution in [0, 0.1) is 13.8 Å². The highest BCUT2D eigenvalue weighted by Crippen LogP contribution is 2.31. The Bertz CT molecular complexity index is 1210. The fourth-order valence-corrected chi connectivity index (χ4v) is 4.67. The van der Waals surface area contributed by atoms with Crippen LogP contribution in [0.15, 0.2) is 53.7 Å². The van der Waals surface area contributed by atoms with Crippen molar-refractivity contribution in [1.82, 2.24) is 14.6 Å². The smallest absolute Gasteiger partial charge is 0.237 e. The molecule has 0 bridgehead atoms. The molecule has 0 saturated heterocycles. The van der Waals surface area contributed by atoms with Crippen LogP contribution in [0.5, 0.6) is 0 Å². The van der Waals surface area contributed by atoms with Gasteiger partial charge in [-0.3, -0.25) is 9.20 Å². The highest BCUT2D eigenvalue weighted by molar-refractivity contribution is 8.00. The number of aromatic nitrogens is 3. The van der Waals surface area contributed by atoms with E-state index >= 15 is 0 Å². The summed E-state index contributed by atoms with van der Waals surface area (Å²) in [5.74, 6) is -0.0170. The zero-order valence-electron chi connectivity index (χ0n) is 17.8. The molecule has 6 heteroatoms. The van der Waals surface area contributed by atoms with Crippen LogP contribution in [-0.4, -0.2) is 25.8 Å². The average molecular weight is 419 g/mol. The molecule has 1 unspecified atom stereocenters. The number of pyridine rings is 1. The number of aryl methyl sites for hydroxylation is 3. The normalized spacial score (nSPS) is 12.4. The number of nitrogens with one attached hydrogen (secondary N) is 1. The minimum absolute atomic E-state index is 0.0170. The molecule has 2 aromatic heterocycles. The maximum Gasteiger partial charge on any atom is 0.237 e. The minimum Gasteiger partial charge on any atom is -0.325 e. The van der Waals surface area contributed by atoms with Crippen molar-refractivity contribution in [1.29, 1.82) is 0 Å². The van der Waals surface area contributed by atoms with Gasteiger partial charge in [-0.2, -0.15) is 0 Å². The van der Waals surface area contributed by atoms with Gasteiger partial charge in [-0.15, -0.1) is 10.2 Å². The SMILES string of the molecule is CCc1ccc(NC(=O)C(CC)Sc2nnc3cc(C)c4cccc(C)c4n23)cc1. The first-order valence-electron chi connectivity index (χ1n) is 10.3. The van der Waals surface area contributed by atoms with Crippen LogP contribution in [0.2, 0.25) is 0 Å². The number of carbonyl (C=O) groups excluding carboxylic acids is 1. The van der Waals surface area contributed by atoms with Crippen LogP contribution in [0.25, 0.3) is 16.6 Å². The Morgan fingerprint density at radius 2 is 1.83 bits per heavy atom. The number of para-hydroxylation sites is 1. The number of rotatable bonds is 6. The van der Waals surface area contributed by atoms with Crippen LogP contribution >= 0.6 is 11.8 Å². The standard InChI is InChI=1S/C24H26N4OS/c1-5-17-10-12-18(13-11-17)25-23(29)20(6-2)30-24-27-26-21-14-16(4)19-9-7-8-15(3)22(19)28(21)24/h7-14,20H,5-6H2,1-4H3,(H,25,29). The second kappa shape index (κ2) is 8.48. The van der Waals surface area contributed by atoms with E-state index in [0.29, 0.717) is 6.42 Å². The predicted octanol–water partition coefficient (Wildman–Crippen LogP) is 5.57. The second-order valence-electron chi connectivity index (χ2n) is 7.53. The Kier molecular flexibility index (Phi) is 5.77. The second-order valence-corrected chi connectivity index (χ2v) is 8.70. The molecule has 0 radical (unpaired) electrons. The Labute approximate surface area is 180 Å². The Morgan fingerprint density at radius 1 is 1.07 bits per heavy atom. The maximum absolute atomic E-state index is 13.0. The summed E-state index contributed by atoms with van der Waals surface area (Å²) < 4.78 is 2.08. The highest BCUT2D eigenvalue weighted by Gasteiger charge is 2.22. The molecule has 4 aromatic rings. The molecule has 2 aromatic carbocycles. The first kappa shape index (κ1) is 20.4. The lowest BCUT2D eigenvalue weighted by Gasteiger charge is -2.15. The molecule has 2 heterocycles. The van der Waals surface area contributed by atoms with E-state index in [1.807, 2.05) is 31.2 Å². The average Bonchev–Trinajstić information content (AvgIpc) is 3.14. The summed E-state index contributed by atoms with van der Waals surface area (Å²) >= 11 is 1.47. The summed E-state index contributed by atoms with van der Waals surface area (Å²) in [6, 6.07) is 16.4. The highest BCUT2D eigenvalue weighted by atomic mass is 32.2. The molecule has 154 valence electrons. The van der Waals surface area contributed by atoms with Crippen molar-refractivity contribution in [3.63, 3.8) is 0 Å². The maximum atomic E-state index is 13.0. The Hall–Kier alpha value is -2.86. The molecule has 1 atom stereocenters. The molecule has 0 aliphatic rings. The minimum atomic E-state index is -0.261. The molecule has 5 nitrogen and oxygen atoms in total. The number of hydrogen-bond acceptors (Lipinski definition) is 4. The quantitative estimate of drug-likeness (QED) is 0.416. The molecule has 0 aliphatic carbocycles. The van der Waals surface area contributed by atoms with Gasteiger partial charge in [0.05, 0.1) is 10.8 Å². The molecular weight excluding hydrogens is 392 g/mol. The van der Waals surface area contributed by atoms with Crippen molar-refractivity contribution in [2.24, 2.45) is 0 Å². The van der Waals surface area contributed by atoms with Gasteiger partial charge in [0.25, 0.3) is 0 Å². The van der Waals surface area contributed by atoms with Crippen LogP contribution in [0.1, 0.15) is 37.0 Å². The molecule has 0 saturated carbocycles. The molecule has 1 amide bonds. The van der Waals surface area contributed by atoms with Crippen molar-refractivity contribution in [3.05, 3.63) is 65.2 Å². The fourth-order valence-electron chi connectivity index (χ4n) is 3.70. The van der Waals surface area contributed by atoms with Crippen LogP contribution < -0.4 is 5.32 Å². The zero-order valence-corrected chi connectivity index (χ0v) is 18.6. The van der Waals surface area contributed by atoms with Gasteiger partial charge in [0.15, 0.2) is 10.8 Å². The number of fused-ring (bicyclic) bond motifs is 3. The van der Waals surface area contributed by atoms with E-state index in [-0.39, 0.29) is 11.2 Å². The van der Waals surface area contributed by atoms with E-state index in [0.717, 1.165) is 34.0 Å². The molecule has 0 aliphatic heterocycles. The van der Waals surface area contributed by atoms with E-state index in [9.17, 15) is 4.79 Å². The number of thioether (sulfide) groups is 1. The summed E-state index contributed by atoms with van der Waals surface area (Å²) in [6.45, 7) is 8.33. The molecule has 0 fully saturated rings. The molecule has 4 rings (SSSR count). The van der Waals surface area contributed by atoms with Gasteiger partial charge in [-0.25, -0.2) is 0 Å². The van der Waals surface area contributed by atoms with E-state index in [1.165, 1.54) is 28.3 Å². The molecular formula is C24H26N4OS. The number of amides is 1. The Morgan fingerprint density at radius 3 is 2.53 bits per heavy atom. The Balaban J connectivity index is 1.65. The third-order valence-electron chi connectivity index (χ3n) is 5.43. The lowest BCUT2D eigenvalue weighted by Crippen LogP contribution is -2.24. The first-order valence-corrected chi connectivity index (χ1v) is 11.2. The van der Waals surface area contributed by atoms with E-state index in [4.69, 9.17) is 0 Å². The van der Waals surface area contributed by atoms with E-state index in [1.54, 1.807) is 0 Å². The number of carbonyl (C=O) groups is 1. The van der Waals surface area contributed by atoms with Crippen LogP contribution in [-0.2, 0) is 11.2 Å². The first-order chi connectivity index (χ1) is 14.5. The van der Waals surface area contributed by atoms with Crippen molar-refractivity contribution in [3.8, 4) is 0 Å². The van der Waals surface area contributed by atoms with Crippen LogP contribution in [0.3, 0.4) is 0 Å². The van der Waals surface area contributed by atoms with Gasteiger partial charge in [-0.05, 0) is 61.6 Å². The number of benzene rings is 2. The van der Waals surface area contributed by atoms with E-state index in [2.05, 4.69) is 65.0 Å². The summed E-state index contributed by atoms with van der Waals surface area (Å²) in [7, 11) is 0. The number of nitrogens with zero attached hydrogens (tertiary/aromatic N) is 3. The largest absolute Gasteiger partial charge is 0.325 e. The van der Waals surface area contributed by atoms with Gasteiger partial charge in [-0.1, -0.05) is 55.9 Å². The van der Waals surface area contributed by atoms with Crippen LogP contribution in [0.4, 0.5) is 5.69 Å². The molecule has 30 heavy (non-hydrogen) atoms. The number of hydrogen-bond donors (Lipinski definition) is 1. The van der Waals surface area contributed by atoms with Gasteiger partial charge in [0, 0.05) is 11.1 Å². The van der Waals surface area contributed by atoms with Gasteiger partial charge in [0.2, 0.25) is 5.91 Å². The third-order valence-corrected chi connectivity index (χ3v) is 6.74.